The van der Waals surface area contributed by atoms with Crippen LogP contribution in [0.25, 0.3) is 0 Å². The lowest BCUT2D eigenvalue weighted by atomic mass is 10.2. The Morgan fingerprint density at radius 1 is 1.60 bits per heavy atom. The number of carboxylic acids is 1. The molecule has 15 heavy (non-hydrogen) atoms. The summed E-state index contributed by atoms with van der Waals surface area (Å²) in [5.41, 5.74) is -0.433. The quantitative estimate of drug-likeness (QED) is 0.919. The second-order valence-corrected chi connectivity index (χ2v) is 3.74. The van der Waals surface area contributed by atoms with Crippen molar-refractivity contribution < 1.29 is 19.0 Å². The van der Waals surface area contributed by atoms with Crippen LogP contribution in [0.15, 0.2) is 16.6 Å². The Morgan fingerprint density at radius 2 is 2.27 bits per heavy atom. The molecule has 0 aliphatic rings. The van der Waals surface area contributed by atoms with Crippen molar-refractivity contribution >= 4 is 21.9 Å². The van der Waals surface area contributed by atoms with Crippen LogP contribution >= 0.6 is 15.9 Å². The van der Waals surface area contributed by atoms with Crippen molar-refractivity contribution in [2.75, 3.05) is 6.61 Å². The third-order valence-electron chi connectivity index (χ3n) is 1.73. The predicted octanol–water partition coefficient (Wildman–Crippen LogP) is 3.08. The summed E-state index contributed by atoms with van der Waals surface area (Å²) in [5.74, 6) is -2.08. The maximum absolute atomic E-state index is 13.4. The largest absolute Gasteiger partial charge is 0.493 e. The van der Waals surface area contributed by atoms with Gasteiger partial charge in [-0.05, 0) is 34.5 Å². The number of hydrogen-bond acceptors (Lipinski definition) is 2. The molecule has 0 aromatic heterocycles. The fraction of sp³-hybridized carbons (Fsp3) is 0.300. The molecule has 0 bridgehead atoms. The van der Waals surface area contributed by atoms with Gasteiger partial charge in [0.15, 0.2) is 5.82 Å². The Morgan fingerprint density at radius 3 is 2.80 bits per heavy atom. The van der Waals surface area contributed by atoms with E-state index in [9.17, 15) is 9.18 Å². The number of carboxylic acid groups (broad SMARTS) is 1. The zero-order valence-electron chi connectivity index (χ0n) is 8.09. The topological polar surface area (TPSA) is 46.5 Å². The van der Waals surface area contributed by atoms with Gasteiger partial charge in [0.05, 0.1) is 11.1 Å². The smallest absolute Gasteiger partial charge is 0.342 e. The second-order valence-electron chi connectivity index (χ2n) is 2.89. The zero-order chi connectivity index (χ0) is 11.4. The second kappa shape index (κ2) is 5.11. The fourth-order valence-electron chi connectivity index (χ4n) is 1.06. The molecular weight excluding hydrogens is 267 g/mol. The highest BCUT2D eigenvalue weighted by Crippen LogP contribution is 2.27. The van der Waals surface area contributed by atoms with Gasteiger partial charge in [-0.25, -0.2) is 9.18 Å². The van der Waals surface area contributed by atoms with Gasteiger partial charge in [0.1, 0.15) is 11.3 Å². The molecule has 0 amide bonds. The molecule has 0 aliphatic carbocycles. The monoisotopic (exact) mass is 276 g/mol. The third kappa shape index (κ3) is 2.68. The van der Waals surface area contributed by atoms with Crippen molar-refractivity contribution in [2.24, 2.45) is 0 Å². The molecule has 0 saturated carbocycles. The zero-order valence-corrected chi connectivity index (χ0v) is 9.67. The van der Waals surface area contributed by atoms with E-state index >= 15 is 0 Å². The summed E-state index contributed by atoms with van der Waals surface area (Å²) in [6.45, 7) is 2.25. The van der Waals surface area contributed by atoms with Crippen molar-refractivity contribution in [3.8, 4) is 5.75 Å². The van der Waals surface area contributed by atoms with Crippen molar-refractivity contribution in [3.63, 3.8) is 0 Å². The molecule has 0 saturated heterocycles. The number of rotatable bonds is 4. The minimum atomic E-state index is -1.33. The van der Waals surface area contributed by atoms with Gasteiger partial charge in [-0.3, -0.25) is 0 Å². The highest BCUT2D eigenvalue weighted by Gasteiger charge is 2.19. The van der Waals surface area contributed by atoms with E-state index in [1.165, 1.54) is 12.1 Å². The van der Waals surface area contributed by atoms with Gasteiger partial charge in [-0.1, -0.05) is 6.92 Å². The Balaban J connectivity index is 3.15. The van der Waals surface area contributed by atoms with Crippen molar-refractivity contribution in [3.05, 3.63) is 28.0 Å². The minimum absolute atomic E-state index is 0.0602. The van der Waals surface area contributed by atoms with Crippen molar-refractivity contribution in [1.29, 1.82) is 0 Å². The maximum Gasteiger partial charge on any atom is 0.342 e. The number of benzene rings is 1. The number of hydrogen-bond donors (Lipinski definition) is 1. The van der Waals surface area contributed by atoms with Crippen LogP contribution in [0.2, 0.25) is 0 Å². The molecular formula is C10H10BrFO3. The van der Waals surface area contributed by atoms with Gasteiger partial charge < -0.3 is 9.84 Å². The minimum Gasteiger partial charge on any atom is -0.493 e. The van der Waals surface area contributed by atoms with Gasteiger partial charge >= 0.3 is 5.97 Å². The van der Waals surface area contributed by atoms with Crippen LogP contribution in [0, 0.1) is 5.82 Å². The van der Waals surface area contributed by atoms with Crippen LogP contribution in [-0.2, 0) is 0 Å². The molecule has 3 nitrogen and oxygen atoms in total. The van der Waals surface area contributed by atoms with E-state index in [1.54, 1.807) is 0 Å². The molecule has 1 aromatic carbocycles. The summed E-state index contributed by atoms with van der Waals surface area (Å²) in [6, 6.07) is 2.86. The van der Waals surface area contributed by atoms with Crippen LogP contribution in [0.1, 0.15) is 23.7 Å². The van der Waals surface area contributed by atoms with E-state index in [0.717, 1.165) is 6.42 Å². The Kier molecular flexibility index (Phi) is 4.08. The first-order valence-electron chi connectivity index (χ1n) is 4.42. The molecule has 1 rings (SSSR count). The van der Waals surface area contributed by atoms with Gasteiger partial charge in [-0.2, -0.15) is 0 Å². The van der Waals surface area contributed by atoms with Crippen LogP contribution < -0.4 is 4.74 Å². The SMILES string of the molecule is CCCOc1ccc(Br)c(F)c1C(=O)O. The molecule has 1 aromatic rings. The molecule has 0 fully saturated rings. The summed E-state index contributed by atoms with van der Waals surface area (Å²) in [4.78, 5) is 10.8. The van der Waals surface area contributed by atoms with Gasteiger partial charge in [-0.15, -0.1) is 0 Å². The highest BCUT2D eigenvalue weighted by molar-refractivity contribution is 9.10. The maximum atomic E-state index is 13.4. The molecule has 82 valence electrons. The molecule has 1 N–H and O–H groups in total. The van der Waals surface area contributed by atoms with Crippen LogP contribution in [0.5, 0.6) is 5.75 Å². The first-order valence-corrected chi connectivity index (χ1v) is 5.21. The van der Waals surface area contributed by atoms with Crippen LogP contribution in [-0.4, -0.2) is 17.7 Å². The third-order valence-corrected chi connectivity index (χ3v) is 2.34. The van der Waals surface area contributed by atoms with Crippen molar-refractivity contribution in [2.45, 2.75) is 13.3 Å². The molecule has 0 heterocycles. The molecule has 0 unspecified atom stereocenters. The number of carbonyl (C=O) groups is 1. The van der Waals surface area contributed by atoms with Crippen LogP contribution in [0.3, 0.4) is 0 Å². The summed E-state index contributed by atoms with van der Waals surface area (Å²) >= 11 is 2.92. The summed E-state index contributed by atoms with van der Waals surface area (Å²) in [5, 5.41) is 8.83. The number of ether oxygens (including phenoxy) is 1. The summed E-state index contributed by atoms with van der Waals surface area (Å²) < 4.78 is 18.7. The van der Waals surface area contributed by atoms with E-state index < -0.39 is 17.3 Å². The predicted molar refractivity (Wildman–Crippen MR) is 56.8 cm³/mol. The highest BCUT2D eigenvalue weighted by atomic mass is 79.9. The first-order chi connectivity index (χ1) is 7.07. The van der Waals surface area contributed by atoms with Gasteiger partial charge in [0.2, 0.25) is 0 Å². The van der Waals surface area contributed by atoms with E-state index in [0.29, 0.717) is 6.61 Å². The standard InChI is InChI=1S/C10H10BrFO3/c1-2-5-15-7-4-3-6(11)9(12)8(7)10(13)14/h3-4H,2,5H2,1H3,(H,13,14). The average Bonchev–Trinajstić information content (AvgIpc) is 2.19. The van der Waals surface area contributed by atoms with E-state index in [1.807, 2.05) is 6.92 Å². The lowest BCUT2D eigenvalue weighted by molar-refractivity contribution is 0.0686. The Hall–Kier alpha value is -1.10. The molecule has 0 radical (unpaired) electrons. The van der Waals surface area contributed by atoms with Gasteiger partial charge in [0, 0.05) is 0 Å². The van der Waals surface area contributed by atoms with E-state index in [2.05, 4.69) is 15.9 Å². The Labute approximate surface area is 95.0 Å². The average molecular weight is 277 g/mol. The first kappa shape index (κ1) is 12.0. The van der Waals surface area contributed by atoms with E-state index in [4.69, 9.17) is 9.84 Å². The summed E-state index contributed by atoms with van der Waals surface area (Å²) in [7, 11) is 0. The molecule has 0 aliphatic heterocycles. The van der Waals surface area contributed by atoms with Gasteiger partial charge in [0.25, 0.3) is 0 Å². The van der Waals surface area contributed by atoms with Crippen molar-refractivity contribution in [1.82, 2.24) is 0 Å². The molecule has 0 spiro atoms. The van der Waals surface area contributed by atoms with E-state index in [-0.39, 0.29) is 10.2 Å². The summed E-state index contributed by atoms with van der Waals surface area (Å²) in [6.07, 6.45) is 0.733. The lowest BCUT2D eigenvalue weighted by Gasteiger charge is -2.09. The normalized spacial score (nSPS) is 10.1. The number of halogens is 2. The van der Waals surface area contributed by atoms with Crippen LogP contribution in [0.4, 0.5) is 4.39 Å². The Bertz CT molecular complexity index is 379. The fourth-order valence-corrected chi connectivity index (χ4v) is 1.39. The molecule has 5 heteroatoms. The molecule has 0 atom stereocenters. The number of aromatic carboxylic acids is 1. The lowest BCUT2D eigenvalue weighted by Crippen LogP contribution is -2.07.